The second-order valence-corrected chi connectivity index (χ2v) is 10.7. The first-order valence-electron chi connectivity index (χ1n) is 10.2. The van der Waals surface area contributed by atoms with Crippen LogP contribution in [0.25, 0.3) is 0 Å². The molecule has 2 heterocycles. The van der Waals surface area contributed by atoms with Gasteiger partial charge in [0.2, 0.25) is 0 Å². The van der Waals surface area contributed by atoms with Crippen molar-refractivity contribution in [3.63, 3.8) is 0 Å². The number of rotatable bonds is 6. The first-order valence-corrected chi connectivity index (χ1v) is 12.4. The summed E-state index contributed by atoms with van der Waals surface area (Å²) in [5.41, 5.74) is 1.11. The molecule has 3 rings (SSSR count). The van der Waals surface area contributed by atoms with Gasteiger partial charge in [0.1, 0.15) is 0 Å². The lowest BCUT2D eigenvalue weighted by molar-refractivity contribution is 0.0768. The molecule has 0 aromatic heterocycles. The summed E-state index contributed by atoms with van der Waals surface area (Å²) < 4.78 is 29.5. The zero-order chi connectivity index (χ0) is 20.9. The summed E-state index contributed by atoms with van der Waals surface area (Å²) in [5, 5.41) is 7.47. The van der Waals surface area contributed by atoms with Gasteiger partial charge in [0.15, 0.2) is 15.8 Å². The number of benzene rings is 1. The van der Waals surface area contributed by atoms with E-state index in [4.69, 9.17) is 16.3 Å². The Morgan fingerprint density at radius 1 is 1.37 bits per heavy atom. The Balaban J connectivity index is 0.00000320. The van der Waals surface area contributed by atoms with E-state index in [1.165, 1.54) is 6.26 Å². The molecular weight excluding hydrogens is 539 g/mol. The zero-order valence-electron chi connectivity index (χ0n) is 17.6. The fourth-order valence-corrected chi connectivity index (χ4v) is 5.30. The van der Waals surface area contributed by atoms with Crippen molar-refractivity contribution in [2.75, 3.05) is 50.5 Å². The number of nitrogens with one attached hydrogen (secondary N) is 2. The molecule has 0 amide bonds. The number of halogens is 2. The second kappa shape index (κ2) is 11.2. The number of guanidine groups is 1. The highest BCUT2D eigenvalue weighted by molar-refractivity contribution is 14.0. The Morgan fingerprint density at radius 3 is 2.73 bits per heavy atom. The summed E-state index contributed by atoms with van der Waals surface area (Å²) in [6, 6.07) is 8.11. The van der Waals surface area contributed by atoms with Crippen molar-refractivity contribution in [1.82, 2.24) is 10.6 Å². The molecule has 30 heavy (non-hydrogen) atoms. The van der Waals surface area contributed by atoms with Crippen LogP contribution in [0.4, 0.5) is 5.69 Å². The van der Waals surface area contributed by atoms with Crippen molar-refractivity contribution < 1.29 is 13.2 Å². The van der Waals surface area contributed by atoms with Gasteiger partial charge in [-0.1, -0.05) is 17.7 Å². The lowest BCUT2D eigenvalue weighted by Gasteiger charge is -2.34. The molecule has 2 fully saturated rings. The van der Waals surface area contributed by atoms with E-state index in [0.717, 1.165) is 30.2 Å². The third kappa shape index (κ3) is 6.37. The van der Waals surface area contributed by atoms with E-state index in [-0.39, 0.29) is 36.6 Å². The van der Waals surface area contributed by atoms with Crippen LogP contribution in [0.1, 0.15) is 26.2 Å². The van der Waals surface area contributed by atoms with E-state index in [9.17, 15) is 8.42 Å². The van der Waals surface area contributed by atoms with Crippen LogP contribution in [0.5, 0.6) is 0 Å². The maximum absolute atomic E-state index is 12.5. The fraction of sp³-hybridized carbons (Fsp3) is 0.650. The van der Waals surface area contributed by atoms with Crippen LogP contribution < -0.4 is 15.5 Å². The Labute approximate surface area is 201 Å². The third-order valence-corrected chi connectivity index (χ3v) is 8.11. The van der Waals surface area contributed by atoms with Gasteiger partial charge in [0, 0.05) is 55.9 Å². The first kappa shape index (κ1) is 25.5. The van der Waals surface area contributed by atoms with Crippen molar-refractivity contribution in [3.8, 4) is 0 Å². The molecule has 1 unspecified atom stereocenters. The number of anilines is 1. The van der Waals surface area contributed by atoms with Crippen molar-refractivity contribution in [3.05, 3.63) is 29.3 Å². The minimum atomic E-state index is -3.24. The highest BCUT2D eigenvalue weighted by Crippen LogP contribution is 2.30. The van der Waals surface area contributed by atoms with Crippen LogP contribution in [0.2, 0.25) is 5.02 Å². The van der Waals surface area contributed by atoms with Gasteiger partial charge in [0.25, 0.3) is 0 Å². The number of hydrogen-bond acceptors (Lipinski definition) is 5. The molecule has 2 saturated heterocycles. The van der Waals surface area contributed by atoms with Crippen LogP contribution in [0, 0.1) is 0 Å². The number of ether oxygens (including phenoxy) is 1. The summed E-state index contributed by atoms with van der Waals surface area (Å²) in [5.74, 6) is 0.667. The van der Waals surface area contributed by atoms with E-state index < -0.39 is 14.6 Å². The second-order valence-electron chi connectivity index (χ2n) is 7.82. The minimum Gasteiger partial charge on any atom is -0.381 e. The monoisotopic (exact) mass is 570 g/mol. The van der Waals surface area contributed by atoms with Crippen molar-refractivity contribution in [2.45, 2.75) is 37.0 Å². The normalized spacial score (nSPS) is 21.8. The number of aliphatic imine (C=N–C) groups is 1. The largest absolute Gasteiger partial charge is 0.381 e. The molecule has 1 atom stereocenters. The Hall–Kier alpha value is -0.780. The molecule has 7 nitrogen and oxygen atoms in total. The highest BCUT2D eigenvalue weighted by atomic mass is 127. The standard InChI is InChI=1S/C20H31ClN4O3S.HI/c1-3-22-19(23-15-20(29(2,26)27)8-11-28-12-9-20)24-17-7-10-25(14-17)18-6-4-5-16(21)13-18;/h4-6,13,17H,3,7-12,14-15H2,1-2H3,(H2,22,23,24);1H. The molecule has 0 bridgehead atoms. The molecular formula is C20H32ClIN4O3S. The molecule has 10 heteroatoms. The molecule has 0 aliphatic carbocycles. The van der Waals surface area contributed by atoms with E-state index in [2.05, 4.69) is 26.6 Å². The first-order chi connectivity index (χ1) is 13.8. The van der Waals surface area contributed by atoms with Gasteiger partial charge in [-0.2, -0.15) is 0 Å². The van der Waals surface area contributed by atoms with Crippen LogP contribution >= 0.6 is 35.6 Å². The summed E-state index contributed by atoms with van der Waals surface area (Å²) >= 11 is 6.12. The quantitative estimate of drug-likeness (QED) is 0.311. The molecule has 1 aromatic rings. The van der Waals surface area contributed by atoms with Gasteiger partial charge >= 0.3 is 0 Å². The Kier molecular flexibility index (Phi) is 9.51. The summed E-state index contributed by atoms with van der Waals surface area (Å²) in [6.07, 6.45) is 3.26. The molecule has 2 aliphatic heterocycles. The van der Waals surface area contributed by atoms with E-state index in [1.54, 1.807) is 0 Å². The molecule has 2 N–H and O–H groups in total. The zero-order valence-corrected chi connectivity index (χ0v) is 21.5. The van der Waals surface area contributed by atoms with Crippen LogP contribution in [-0.2, 0) is 14.6 Å². The Morgan fingerprint density at radius 2 is 2.10 bits per heavy atom. The molecule has 0 radical (unpaired) electrons. The average Bonchev–Trinajstić information content (AvgIpc) is 3.15. The maximum atomic E-state index is 12.5. The molecule has 0 spiro atoms. The SMILES string of the molecule is CCNC(=NCC1(S(C)(=O)=O)CCOCC1)NC1CCN(c2cccc(Cl)c2)C1.I. The molecule has 170 valence electrons. The summed E-state index contributed by atoms with van der Waals surface area (Å²) in [6.45, 7) is 5.66. The fourth-order valence-electron chi connectivity index (χ4n) is 3.91. The van der Waals surface area contributed by atoms with Crippen LogP contribution in [0.15, 0.2) is 29.3 Å². The maximum Gasteiger partial charge on any atom is 0.191 e. The van der Waals surface area contributed by atoms with Crippen molar-refractivity contribution in [2.24, 2.45) is 4.99 Å². The average molecular weight is 571 g/mol. The van der Waals surface area contributed by atoms with Crippen LogP contribution in [-0.4, -0.2) is 70.8 Å². The van der Waals surface area contributed by atoms with Gasteiger partial charge < -0.3 is 20.3 Å². The van der Waals surface area contributed by atoms with Crippen molar-refractivity contribution >= 4 is 57.1 Å². The summed E-state index contributed by atoms with van der Waals surface area (Å²) in [7, 11) is -3.24. The van der Waals surface area contributed by atoms with E-state index in [1.807, 2.05) is 25.1 Å². The summed E-state index contributed by atoms with van der Waals surface area (Å²) in [4.78, 5) is 6.97. The number of hydrogen-bond donors (Lipinski definition) is 2. The van der Waals surface area contributed by atoms with Gasteiger partial charge in [-0.3, -0.25) is 4.99 Å². The van der Waals surface area contributed by atoms with E-state index >= 15 is 0 Å². The molecule has 1 aromatic carbocycles. The van der Waals surface area contributed by atoms with Crippen molar-refractivity contribution in [1.29, 1.82) is 0 Å². The predicted octanol–water partition coefficient (Wildman–Crippen LogP) is 2.69. The predicted molar refractivity (Wildman–Crippen MR) is 134 cm³/mol. The topological polar surface area (TPSA) is 83.0 Å². The molecule has 2 aliphatic rings. The Bertz CT molecular complexity index is 831. The van der Waals surface area contributed by atoms with Gasteiger partial charge in [-0.05, 0) is 44.4 Å². The number of sulfone groups is 1. The number of nitrogens with zero attached hydrogens (tertiary/aromatic N) is 2. The van der Waals surface area contributed by atoms with E-state index in [0.29, 0.717) is 38.6 Å². The molecule has 0 saturated carbocycles. The lowest BCUT2D eigenvalue weighted by atomic mass is 9.99. The smallest absolute Gasteiger partial charge is 0.191 e. The minimum absolute atomic E-state index is 0. The van der Waals surface area contributed by atoms with Gasteiger partial charge in [-0.15, -0.1) is 24.0 Å². The lowest BCUT2D eigenvalue weighted by Crippen LogP contribution is -2.49. The highest BCUT2D eigenvalue weighted by Gasteiger charge is 2.42. The van der Waals surface area contributed by atoms with Gasteiger partial charge in [0.05, 0.1) is 11.3 Å². The third-order valence-electron chi connectivity index (χ3n) is 5.76. The van der Waals surface area contributed by atoms with Gasteiger partial charge in [-0.25, -0.2) is 8.42 Å². The van der Waals surface area contributed by atoms with Crippen LogP contribution in [0.3, 0.4) is 0 Å².